The topological polar surface area (TPSA) is 135 Å². The van der Waals surface area contributed by atoms with Gasteiger partial charge in [0, 0.05) is 37.3 Å². The van der Waals surface area contributed by atoms with Crippen molar-refractivity contribution in [3.63, 3.8) is 0 Å². The van der Waals surface area contributed by atoms with Gasteiger partial charge in [-0.1, -0.05) is 0 Å². The molecule has 0 atom stereocenters. The molecule has 10 heteroatoms. The van der Waals surface area contributed by atoms with Crippen molar-refractivity contribution in [2.75, 3.05) is 13.7 Å². The number of H-pyrrole nitrogens is 1. The van der Waals surface area contributed by atoms with E-state index in [2.05, 4.69) is 35.8 Å². The summed E-state index contributed by atoms with van der Waals surface area (Å²) < 4.78 is 4.89. The summed E-state index contributed by atoms with van der Waals surface area (Å²) in [5, 5.41) is 12.8. The van der Waals surface area contributed by atoms with E-state index in [0.29, 0.717) is 24.4 Å². The lowest BCUT2D eigenvalue weighted by Gasteiger charge is -2.28. The number of nitrogens with zero attached hydrogens (tertiary/aromatic N) is 4. The fourth-order valence-electron chi connectivity index (χ4n) is 3.25. The van der Waals surface area contributed by atoms with Crippen molar-refractivity contribution < 1.29 is 14.3 Å². The minimum atomic E-state index is -0.211. The molecule has 1 aliphatic carbocycles. The maximum Gasteiger partial charge on any atom is 0.316 e. The van der Waals surface area contributed by atoms with Gasteiger partial charge in [0.2, 0.25) is 5.91 Å². The number of nitrogens with one attached hydrogen (secondary N) is 3. The molecule has 0 unspecified atom stereocenters. The quantitative estimate of drug-likeness (QED) is 0.632. The van der Waals surface area contributed by atoms with Crippen molar-refractivity contribution in [2.24, 2.45) is 5.92 Å². The summed E-state index contributed by atoms with van der Waals surface area (Å²) in [6.45, 7) is 2.36. The van der Waals surface area contributed by atoms with Gasteiger partial charge in [-0.2, -0.15) is 5.10 Å². The Bertz CT molecular complexity index is 798. The molecule has 2 aromatic rings. The highest BCUT2D eigenvalue weighted by Gasteiger charge is 2.27. The number of ether oxygens (including phenoxy) is 1. The van der Waals surface area contributed by atoms with Gasteiger partial charge in [-0.25, -0.2) is 15.0 Å². The van der Waals surface area contributed by atoms with Crippen molar-refractivity contribution in [2.45, 2.75) is 45.1 Å². The summed E-state index contributed by atoms with van der Waals surface area (Å²) in [6.07, 6.45) is 6.50. The van der Waals surface area contributed by atoms with Crippen LogP contribution < -0.4 is 15.4 Å². The Labute approximate surface area is 162 Å². The highest BCUT2D eigenvalue weighted by molar-refractivity contribution is 5.93. The zero-order chi connectivity index (χ0) is 19.9. The number of hydrogen-bond donors (Lipinski definition) is 3. The van der Waals surface area contributed by atoms with Crippen LogP contribution in [-0.4, -0.2) is 56.7 Å². The van der Waals surface area contributed by atoms with Gasteiger partial charge in [0.15, 0.2) is 5.82 Å². The van der Waals surface area contributed by atoms with Gasteiger partial charge in [0.25, 0.3) is 5.91 Å². The van der Waals surface area contributed by atoms with E-state index in [0.717, 1.165) is 31.5 Å². The molecule has 10 nitrogen and oxygen atoms in total. The second kappa shape index (κ2) is 9.25. The third-order valence-corrected chi connectivity index (χ3v) is 4.80. The van der Waals surface area contributed by atoms with E-state index in [9.17, 15) is 9.59 Å². The molecule has 2 aromatic heterocycles. The van der Waals surface area contributed by atoms with Crippen LogP contribution in [0.1, 0.15) is 47.7 Å². The molecule has 0 bridgehead atoms. The van der Waals surface area contributed by atoms with Gasteiger partial charge in [-0.05, 0) is 32.6 Å². The summed E-state index contributed by atoms with van der Waals surface area (Å²) in [7, 11) is 1.47. The normalized spacial score (nSPS) is 19.1. The van der Waals surface area contributed by atoms with Crippen molar-refractivity contribution in [3.8, 4) is 6.01 Å². The highest BCUT2D eigenvalue weighted by Crippen LogP contribution is 2.24. The third kappa shape index (κ3) is 5.24. The number of aromatic nitrogens is 5. The maximum absolute atomic E-state index is 12.3. The molecule has 1 aliphatic rings. The number of rotatable bonds is 7. The zero-order valence-electron chi connectivity index (χ0n) is 16.1. The van der Waals surface area contributed by atoms with Crippen molar-refractivity contribution in [1.82, 2.24) is 35.8 Å². The molecule has 1 saturated carbocycles. The maximum atomic E-state index is 12.3. The van der Waals surface area contributed by atoms with Crippen LogP contribution in [0.15, 0.2) is 12.4 Å². The van der Waals surface area contributed by atoms with E-state index in [1.54, 1.807) is 0 Å². The molecule has 0 radical (unpaired) electrons. The predicted octanol–water partition coefficient (Wildman–Crippen LogP) is 0.559. The van der Waals surface area contributed by atoms with Crippen LogP contribution in [0.2, 0.25) is 0 Å². The average Bonchev–Trinajstić information content (AvgIpc) is 3.13. The lowest BCUT2D eigenvalue weighted by molar-refractivity contribution is -0.126. The summed E-state index contributed by atoms with van der Waals surface area (Å²) in [6, 6.07) is 0.274. The van der Waals surface area contributed by atoms with Crippen LogP contribution in [0.5, 0.6) is 6.01 Å². The van der Waals surface area contributed by atoms with Gasteiger partial charge < -0.3 is 15.4 Å². The number of carbonyl (C=O) groups is 2. The average molecular weight is 387 g/mol. The lowest BCUT2D eigenvalue weighted by atomic mass is 9.85. The molecule has 1 fully saturated rings. The van der Waals surface area contributed by atoms with Gasteiger partial charge in [0.05, 0.1) is 12.7 Å². The molecular weight excluding hydrogens is 362 g/mol. The Morgan fingerprint density at radius 2 is 1.93 bits per heavy atom. The minimum Gasteiger partial charge on any atom is -0.467 e. The summed E-state index contributed by atoms with van der Waals surface area (Å²) in [4.78, 5) is 36.7. The molecule has 150 valence electrons. The standard InChI is InChI=1S/C18H25N7O3/c1-11-22-15(25-24-11)7-8-19-16(26)12-3-5-14(6-4-12)23-17(27)13-9-20-18(28-2)21-10-13/h9-10,12,14H,3-8H2,1-2H3,(H,19,26)(H,23,27)(H,22,24,25). The molecule has 2 amide bonds. The second-order valence-corrected chi connectivity index (χ2v) is 6.86. The Morgan fingerprint density at radius 3 is 2.54 bits per heavy atom. The molecule has 3 N–H and O–H groups in total. The Kier molecular flexibility index (Phi) is 6.51. The SMILES string of the molecule is COc1ncc(C(=O)NC2CCC(C(=O)NCCc3n[nH]c(C)n3)CC2)cn1. The Morgan fingerprint density at radius 1 is 1.21 bits per heavy atom. The van der Waals surface area contributed by atoms with E-state index in [-0.39, 0.29) is 29.8 Å². The largest absolute Gasteiger partial charge is 0.467 e. The number of hydrogen-bond acceptors (Lipinski definition) is 7. The molecule has 3 rings (SSSR count). The predicted molar refractivity (Wildman–Crippen MR) is 99.6 cm³/mol. The Hall–Kier alpha value is -3.04. The van der Waals surface area contributed by atoms with E-state index in [1.165, 1.54) is 19.5 Å². The lowest BCUT2D eigenvalue weighted by Crippen LogP contribution is -2.41. The van der Waals surface area contributed by atoms with Gasteiger partial charge >= 0.3 is 6.01 Å². The van der Waals surface area contributed by atoms with Crippen LogP contribution in [0.3, 0.4) is 0 Å². The van der Waals surface area contributed by atoms with Crippen LogP contribution in [-0.2, 0) is 11.2 Å². The molecule has 0 saturated heterocycles. The first kappa shape index (κ1) is 19.7. The number of amides is 2. The number of carbonyl (C=O) groups excluding carboxylic acids is 2. The number of methoxy groups -OCH3 is 1. The van der Waals surface area contributed by atoms with Crippen LogP contribution in [0.4, 0.5) is 0 Å². The Balaban J connectivity index is 1.38. The van der Waals surface area contributed by atoms with Gasteiger partial charge in [-0.3, -0.25) is 14.7 Å². The van der Waals surface area contributed by atoms with Crippen molar-refractivity contribution >= 4 is 11.8 Å². The fraction of sp³-hybridized carbons (Fsp3) is 0.556. The second-order valence-electron chi connectivity index (χ2n) is 6.86. The summed E-state index contributed by atoms with van der Waals surface area (Å²) in [5.41, 5.74) is 0.392. The van der Waals surface area contributed by atoms with E-state index in [4.69, 9.17) is 4.74 Å². The van der Waals surface area contributed by atoms with Crippen LogP contribution in [0.25, 0.3) is 0 Å². The minimum absolute atomic E-state index is 0.0219. The molecule has 28 heavy (non-hydrogen) atoms. The van der Waals surface area contributed by atoms with Gasteiger partial charge in [-0.15, -0.1) is 0 Å². The molecule has 0 aliphatic heterocycles. The number of aromatic amines is 1. The summed E-state index contributed by atoms with van der Waals surface area (Å²) in [5.74, 6) is 1.29. The molecule has 2 heterocycles. The molecule has 0 spiro atoms. The first-order chi connectivity index (χ1) is 13.5. The first-order valence-corrected chi connectivity index (χ1v) is 9.37. The van der Waals surface area contributed by atoms with E-state index in [1.807, 2.05) is 6.92 Å². The zero-order valence-corrected chi connectivity index (χ0v) is 16.1. The van der Waals surface area contributed by atoms with Crippen molar-refractivity contribution in [1.29, 1.82) is 0 Å². The van der Waals surface area contributed by atoms with Crippen molar-refractivity contribution in [3.05, 3.63) is 29.6 Å². The summed E-state index contributed by atoms with van der Waals surface area (Å²) >= 11 is 0. The fourth-order valence-corrected chi connectivity index (χ4v) is 3.25. The number of aryl methyl sites for hydroxylation is 1. The first-order valence-electron chi connectivity index (χ1n) is 9.37. The van der Waals surface area contributed by atoms with E-state index >= 15 is 0 Å². The molecular formula is C18H25N7O3. The monoisotopic (exact) mass is 387 g/mol. The molecule has 0 aromatic carbocycles. The van der Waals surface area contributed by atoms with Crippen LogP contribution >= 0.6 is 0 Å². The van der Waals surface area contributed by atoms with Crippen LogP contribution in [0, 0.1) is 12.8 Å². The smallest absolute Gasteiger partial charge is 0.316 e. The third-order valence-electron chi connectivity index (χ3n) is 4.80. The van der Waals surface area contributed by atoms with Gasteiger partial charge in [0.1, 0.15) is 5.82 Å². The van der Waals surface area contributed by atoms with E-state index < -0.39 is 0 Å². The highest BCUT2D eigenvalue weighted by atomic mass is 16.5.